The van der Waals surface area contributed by atoms with Crippen LogP contribution >= 0.6 is 0 Å². The first kappa shape index (κ1) is 19.3. The maximum absolute atomic E-state index is 12.7. The van der Waals surface area contributed by atoms with Gasteiger partial charge < -0.3 is 0 Å². The van der Waals surface area contributed by atoms with Crippen molar-refractivity contribution in [1.29, 1.82) is 0 Å². The molecule has 0 saturated carbocycles. The number of amides is 2. The zero-order valence-electron chi connectivity index (χ0n) is 15.7. The zero-order valence-corrected chi connectivity index (χ0v) is 16.6. The van der Waals surface area contributed by atoms with Crippen molar-refractivity contribution < 1.29 is 18.0 Å². The summed E-state index contributed by atoms with van der Waals surface area (Å²) < 4.78 is 26.8. The van der Waals surface area contributed by atoms with Crippen molar-refractivity contribution in [1.82, 2.24) is 14.1 Å². The molecule has 1 aromatic rings. The van der Waals surface area contributed by atoms with Crippen LogP contribution in [0.3, 0.4) is 0 Å². The minimum atomic E-state index is -3.37. The van der Waals surface area contributed by atoms with E-state index in [1.165, 1.54) is 9.21 Å². The first-order chi connectivity index (χ1) is 13.5. The van der Waals surface area contributed by atoms with Crippen LogP contribution in [-0.4, -0.2) is 67.2 Å². The number of carbonyl (C=O) groups is 2. The van der Waals surface area contributed by atoms with Crippen molar-refractivity contribution in [2.75, 3.05) is 32.8 Å². The standard InChI is InChI=1S/C20H25N3O4S/c24-19-17-8-4-5-9-18(17)20(25)23(19)15-21-10-12-22(13-11-21)28(26,27)14-16-6-2-1-3-7-16/h1-7,17-18H,8-15H2/t17-,18+. The molecule has 8 heteroatoms. The monoisotopic (exact) mass is 403 g/mol. The maximum Gasteiger partial charge on any atom is 0.234 e. The van der Waals surface area contributed by atoms with Gasteiger partial charge in [0.05, 0.1) is 24.3 Å². The van der Waals surface area contributed by atoms with E-state index in [1.54, 1.807) is 0 Å². The third kappa shape index (κ3) is 3.76. The molecule has 0 bridgehead atoms. The van der Waals surface area contributed by atoms with Gasteiger partial charge in [-0.05, 0) is 18.4 Å². The number of fused-ring (bicyclic) bond motifs is 1. The van der Waals surface area contributed by atoms with Crippen LogP contribution in [0.4, 0.5) is 0 Å². The van der Waals surface area contributed by atoms with Crippen molar-refractivity contribution in [3.63, 3.8) is 0 Å². The van der Waals surface area contributed by atoms with Gasteiger partial charge in [-0.1, -0.05) is 42.5 Å². The third-order valence-electron chi connectivity index (χ3n) is 5.86. The molecule has 0 N–H and O–H groups in total. The molecule has 28 heavy (non-hydrogen) atoms. The number of hydrogen-bond donors (Lipinski definition) is 0. The molecule has 7 nitrogen and oxygen atoms in total. The van der Waals surface area contributed by atoms with Crippen molar-refractivity contribution >= 4 is 21.8 Å². The molecule has 0 spiro atoms. The van der Waals surface area contributed by atoms with Gasteiger partial charge in [0.25, 0.3) is 0 Å². The summed E-state index contributed by atoms with van der Waals surface area (Å²) in [6.45, 7) is 2.04. The molecule has 4 rings (SSSR count). The second-order valence-electron chi connectivity index (χ2n) is 7.66. The van der Waals surface area contributed by atoms with E-state index in [0.29, 0.717) is 39.0 Å². The van der Waals surface area contributed by atoms with E-state index in [4.69, 9.17) is 0 Å². The fourth-order valence-corrected chi connectivity index (χ4v) is 5.75. The maximum atomic E-state index is 12.7. The molecule has 3 aliphatic rings. The third-order valence-corrected chi connectivity index (χ3v) is 7.71. The molecular weight excluding hydrogens is 378 g/mol. The first-order valence-electron chi connectivity index (χ1n) is 9.70. The van der Waals surface area contributed by atoms with Crippen LogP contribution < -0.4 is 0 Å². The summed E-state index contributed by atoms with van der Waals surface area (Å²) in [5.41, 5.74) is 0.773. The van der Waals surface area contributed by atoms with Crippen LogP contribution in [0, 0.1) is 11.8 Å². The normalized spacial score (nSPS) is 26.6. The van der Waals surface area contributed by atoms with Crippen molar-refractivity contribution in [2.45, 2.75) is 18.6 Å². The summed E-state index contributed by atoms with van der Waals surface area (Å²) in [5.74, 6) is -0.611. The molecule has 2 atom stereocenters. The van der Waals surface area contributed by atoms with E-state index in [-0.39, 0.29) is 36.1 Å². The van der Waals surface area contributed by atoms with Crippen LogP contribution in [-0.2, 0) is 25.4 Å². The van der Waals surface area contributed by atoms with Gasteiger partial charge in [0.2, 0.25) is 21.8 Å². The summed E-state index contributed by atoms with van der Waals surface area (Å²) >= 11 is 0. The number of rotatable bonds is 5. The summed E-state index contributed by atoms with van der Waals surface area (Å²) in [5, 5.41) is 0. The smallest absolute Gasteiger partial charge is 0.234 e. The number of likely N-dealkylation sites (tertiary alicyclic amines) is 1. The van der Waals surface area contributed by atoms with E-state index in [9.17, 15) is 18.0 Å². The number of benzene rings is 1. The van der Waals surface area contributed by atoms with Gasteiger partial charge in [-0.25, -0.2) is 8.42 Å². The Bertz CT molecular complexity index is 850. The van der Waals surface area contributed by atoms with Crippen LogP contribution in [0.2, 0.25) is 0 Å². The average Bonchev–Trinajstić information content (AvgIpc) is 2.94. The lowest BCUT2D eigenvalue weighted by Gasteiger charge is -2.35. The molecule has 0 radical (unpaired) electrons. The highest BCUT2D eigenvalue weighted by atomic mass is 32.2. The summed E-state index contributed by atoms with van der Waals surface area (Å²) in [4.78, 5) is 28.5. The Morgan fingerprint density at radius 1 is 0.857 bits per heavy atom. The van der Waals surface area contributed by atoms with Crippen LogP contribution in [0.1, 0.15) is 18.4 Å². The lowest BCUT2D eigenvalue weighted by Crippen LogP contribution is -2.52. The molecule has 2 aliphatic heterocycles. The predicted octanol–water partition coefficient (Wildman–Crippen LogP) is 1.04. The van der Waals surface area contributed by atoms with Crippen molar-refractivity contribution in [2.24, 2.45) is 11.8 Å². The Morgan fingerprint density at radius 2 is 1.43 bits per heavy atom. The van der Waals surface area contributed by atoms with Gasteiger partial charge in [0.1, 0.15) is 0 Å². The number of allylic oxidation sites excluding steroid dienone is 2. The molecule has 1 aromatic carbocycles. The summed E-state index contributed by atoms with van der Waals surface area (Å²) in [7, 11) is -3.37. The van der Waals surface area contributed by atoms with Gasteiger partial charge in [-0.2, -0.15) is 4.31 Å². The summed E-state index contributed by atoms with van der Waals surface area (Å²) in [6, 6.07) is 9.15. The minimum absolute atomic E-state index is 0.00665. The topological polar surface area (TPSA) is 78.0 Å². The van der Waals surface area contributed by atoms with Gasteiger partial charge in [0, 0.05) is 26.2 Å². The highest BCUT2D eigenvalue weighted by Gasteiger charge is 2.47. The molecule has 2 heterocycles. The van der Waals surface area contributed by atoms with Gasteiger partial charge >= 0.3 is 0 Å². The molecule has 150 valence electrons. The SMILES string of the molecule is O=C1[C@H]2CC=CC[C@H]2C(=O)N1CN1CCN(S(=O)(=O)Cc2ccccc2)CC1. The van der Waals surface area contributed by atoms with Crippen molar-refractivity contribution in [3.05, 3.63) is 48.0 Å². The first-order valence-corrected chi connectivity index (χ1v) is 11.3. The van der Waals surface area contributed by atoms with Crippen LogP contribution in [0.5, 0.6) is 0 Å². The van der Waals surface area contributed by atoms with Crippen molar-refractivity contribution in [3.8, 4) is 0 Å². The Labute approximate surface area is 165 Å². The molecule has 0 unspecified atom stereocenters. The fraction of sp³-hybridized carbons (Fsp3) is 0.500. The fourth-order valence-electron chi connectivity index (χ4n) is 4.23. The highest BCUT2D eigenvalue weighted by molar-refractivity contribution is 7.88. The molecule has 2 amide bonds. The molecule has 2 saturated heterocycles. The Balaban J connectivity index is 1.33. The number of carbonyl (C=O) groups excluding carboxylic acids is 2. The molecule has 2 fully saturated rings. The van der Waals surface area contributed by atoms with E-state index in [2.05, 4.69) is 0 Å². The second kappa shape index (κ2) is 7.77. The Kier molecular flexibility index (Phi) is 5.35. The van der Waals surface area contributed by atoms with E-state index in [1.807, 2.05) is 47.4 Å². The summed E-state index contributed by atoms with van der Waals surface area (Å²) in [6.07, 6.45) is 5.23. The molecular formula is C20H25N3O4S. The second-order valence-corrected chi connectivity index (χ2v) is 9.63. The van der Waals surface area contributed by atoms with E-state index < -0.39 is 10.0 Å². The number of imide groups is 1. The predicted molar refractivity (Wildman–Crippen MR) is 104 cm³/mol. The van der Waals surface area contributed by atoms with Crippen LogP contribution in [0.25, 0.3) is 0 Å². The zero-order chi connectivity index (χ0) is 19.7. The number of sulfonamides is 1. The van der Waals surface area contributed by atoms with Gasteiger partial charge in [-0.3, -0.25) is 19.4 Å². The number of hydrogen-bond acceptors (Lipinski definition) is 5. The number of piperazine rings is 1. The molecule has 0 aromatic heterocycles. The Hall–Kier alpha value is -2.03. The lowest BCUT2D eigenvalue weighted by molar-refractivity contribution is -0.142. The van der Waals surface area contributed by atoms with Gasteiger partial charge in [-0.15, -0.1) is 0 Å². The Morgan fingerprint density at radius 3 is 2.00 bits per heavy atom. The highest BCUT2D eigenvalue weighted by Crippen LogP contribution is 2.35. The quantitative estimate of drug-likeness (QED) is 0.542. The molecule has 1 aliphatic carbocycles. The van der Waals surface area contributed by atoms with E-state index >= 15 is 0 Å². The largest absolute Gasteiger partial charge is 0.283 e. The lowest BCUT2D eigenvalue weighted by atomic mass is 9.85. The van der Waals surface area contributed by atoms with Gasteiger partial charge in [0.15, 0.2) is 0 Å². The van der Waals surface area contributed by atoms with E-state index in [0.717, 1.165) is 5.56 Å². The number of nitrogens with zero attached hydrogens (tertiary/aromatic N) is 3. The van der Waals surface area contributed by atoms with Crippen LogP contribution in [0.15, 0.2) is 42.5 Å². The average molecular weight is 404 g/mol. The minimum Gasteiger partial charge on any atom is -0.283 e.